The van der Waals surface area contributed by atoms with Crippen molar-refractivity contribution in [3.8, 4) is 0 Å². The second-order valence-corrected chi connectivity index (χ2v) is 13.0. The Morgan fingerprint density at radius 3 is 2.61 bits per heavy atom. The molecule has 0 aliphatic carbocycles. The van der Waals surface area contributed by atoms with Crippen LogP contribution in [0.1, 0.15) is 19.3 Å². The number of fused-ring (bicyclic) bond motifs is 1. The minimum atomic E-state index is -3.87. The van der Waals surface area contributed by atoms with E-state index in [1.807, 2.05) is 0 Å². The van der Waals surface area contributed by atoms with Crippen molar-refractivity contribution < 1.29 is 17.9 Å². The second kappa shape index (κ2) is 10.3. The van der Waals surface area contributed by atoms with Gasteiger partial charge >= 0.3 is 0 Å². The number of piperidine rings is 1. The number of benzene rings is 1. The van der Waals surface area contributed by atoms with Crippen molar-refractivity contribution in [3.05, 3.63) is 43.4 Å². The number of hydrogen-bond donors (Lipinski definition) is 0. The van der Waals surface area contributed by atoms with E-state index >= 15 is 0 Å². The Balaban J connectivity index is 1.77. The Hall–Kier alpha value is -0.980. The van der Waals surface area contributed by atoms with Crippen molar-refractivity contribution in [2.45, 2.75) is 36.1 Å². The van der Waals surface area contributed by atoms with Crippen LogP contribution in [-0.4, -0.2) is 49.5 Å². The lowest BCUT2D eigenvalue weighted by Gasteiger charge is -2.31. The lowest BCUT2D eigenvalue weighted by Crippen LogP contribution is -2.47. The van der Waals surface area contributed by atoms with Gasteiger partial charge in [0.05, 0.1) is 31.2 Å². The zero-order chi connectivity index (χ0) is 23.8. The lowest BCUT2D eigenvalue weighted by molar-refractivity contribution is -0.122. The first-order chi connectivity index (χ1) is 15.7. The summed E-state index contributed by atoms with van der Waals surface area (Å²) >= 11 is 21.0. The van der Waals surface area contributed by atoms with Crippen LogP contribution in [0.5, 0.6) is 0 Å². The molecule has 1 aliphatic rings. The molecule has 2 aromatic heterocycles. The predicted octanol–water partition coefficient (Wildman–Crippen LogP) is 5.04. The van der Waals surface area contributed by atoms with E-state index in [0.29, 0.717) is 55.4 Å². The van der Waals surface area contributed by atoms with Gasteiger partial charge in [-0.1, -0.05) is 52.6 Å². The van der Waals surface area contributed by atoms with Gasteiger partial charge in [-0.05, 0) is 37.1 Å². The summed E-state index contributed by atoms with van der Waals surface area (Å²) < 4.78 is 35.9. The molecule has 1 aliphatic heterocycles. The third-order valence-electron chi connectivity index (χ3n) is 5.30. The number of aromatic nitrogens is 1. The highest BCUT2D eigenvalue weighted by atomic mass is 35.5. The number of thiazole rings is 1. The van der Waals surface area contributed by atoms with Crippen molar-refractivity contribution in [3.63, 3.8) is 0 Å². The summed E-state index contributed by atoms with van der Waals surface area (Å²) in [6.45, 7) is 1.03. The van der Waals surface area contributed by atoms with Gasteiger partial charge in [0.15, 0.2) is 4.80 Å². The number of carbonyl (C=O) groups is 1. The number of sulfonamides is 1. The first-order valence-corrected chi connectivity index (χ1v) is 14.3. The molecule has 33 heavy (non-hydrogen) atoms. The third kappa shape index (κ3) is 5.04. The molecule has 1 atom stereocenters. The Morgan fingerprint density at radius 1 is 1.15 bits per heavy atom. The number of ether oxygens (including phenoxy) is 1. The Bertz CT molecular complexity index is 1360. The Kier molecular flexibility index (Phi) is 7.86. The van der Waals surface area contributed by atoms with Crippen LogP contribution in [0, 0.1) is 0 Å². The highest BCUT2D eigenvalue weighted by Gasteiger charge is 2.38. The van der Waals surface area contributed by atoms with Crippen LogP contribution in [-0.2, 0) is 26.1 Å². The lowest BCUT2D eigenvalue weighted by atomic mass is 10.0. The number of rotatable bonds is 6. The second-order valence-electron chi connectivity index (χ2n) is 7.37. The number of amides is 1. The first kappa shape index (κ1) is 25.1. The van der Waals surface area contributed by atoms with Gasteiger partial charge in [0.25, 0.3) is 15.9 Å². The maximum Gasteiger partial charge on any atom is 0.266 e. The van der Waals surface area contributed by atoms with Gasteiger partial charge in [0.2, 0.25) is 0 Å². The average Bonchev–Trinajstić information content (AvgIpc) is 3.39. The van der Waals surface area contributed by atoms with Crippen LogP contribution < -0.4 is 4.80 Å². The van der Waals surface area contributed by atoms with Gasteiger partial charge in [0, 0.05) is 20.2 Å². The normalized spacial score (nSPS) is 18.3. The fourth-order valence-corrected chi connectivity index (χ4v) is 8.69. The maximum absolute atomic E-state index is 13.3. The fraction of sp³-hybridized carbons (Fsp3) is 0.400. The molecule has 0 N–H and O–H groups in total. The van der Waals surface area contributed by atoms with E-state index in [-0.39, 0.29) is 10.8 Å². The molecular formula is C20H20Cl3N3O4S3. The molecule has 1 amide bonds. The quantitative estimate of drug-likeness (QED) is 0.417. The summed E-state index contributed by atoms with van der Waals surface area (Å²) in [5.74, 6) is -0.522. The summed E-state index contributed by atoms with van der Waals surface area (Å²) in [5.41, 5.74) is 0.666. The van der Waals surface area contributed by atoms with Gasteiger partial charge in [-0.25, -0.2) is 8.42 Å². The highest BCUT2D eigenvalue weighted by molar-refractivity contribution is 7.91. The smallest absolute Gasteiger partial charge is 0.266 e. The maximum atomic E-state index is 13.3. The van der Waals surface area contributed by atoms with Crippen molar-refractivity contribution in [2.75, 3.05) is 20.3 Å². The van der Waals surface area contributed by atoms with Gasteiger partial charge in [-0.2, -0.15) is 9.30 Å². The van der Waals surface area contributed by atoms with E-state index in [4.69, 9.17) is 39.5 Å². The summed E-state index contributed by atoms with van der Waals surface area (Å²) in [5, 5.41) is 0.975. The molecule has 178 valence electrons. The number of methoxy groups -OCH3 is 1. The molecule has 0 spiro atoms. The Labute approximate surface area is 214 Å². The highest BCUT2D eigenvalue weighted by Crippen LogP contribution is 2.33. The summed E-state index contributed by atoms with van der Waals surface area (Å²) in [6, 6.07) is 5.49. The van der Waals surface area contributed by atoms with Crippen molar-refractivity contribution >= 4 is 83.6 Å². The number of hydrogen-bond acceptors (Lipinski definition) is 6. The minimum absolute atomic E-state index is 0.114. The van der Waals surface area contributed by atoms with Gasteiger partial charge in [-0.3, -0.25) is 4.79 Å². The van der Waals surface area contributed by atoms with E-state index in [1.165, 1.54) is 27.8 Å². The molecule has 1 unspecified atom stereocenters. The van der Waals surface area contributed by atoms with Crippen LogP contribution in [0.4, 0.5) is 0 Å². The van der Waals surface area contributed by atoms with Crippen LogP contribution >= 0.6 is 57.5 Å². The Morgan fingerprint density at radius 2 is 1.91 bits per heavy atom. The summed E-state index contributed by atoms with van der Waals surface area (Å²) in [7, 11) is -2.29. The molecule has 0 radical (unpaired) electrons. The molecule has 1 aromatic carbocycles. The predicted molar refractivity (Wildman–Crippen MR) is 133 cm³/mol. The molecule has 0 saturated carbocycles. The molecule has 3 heterocycles. The number of thiophene rings is 1. The fourth-order valence-electron chi connectivity index (χ4n) is 3.75. The SMILES string of the molecule is COCCn1c(=NC(=O)C2CCCCN2S(=O)(=O)c2ccc(Cl)s2)sc2c(Cl)ccc(Cl)c21. The summed E-state index contributed by atoms with van der Waals surface area (Å²) in [4.78, 5) is 18.1. The topological polar surface area (TPSA) is 81.0 Å². The number of carbonyl (C=O) groups excluding carboxylic acids is 1. The van der Waals surface area contributed by atoms with Crippen LogP contribution in [0.25, 0.3) is 10.2 Å². The molecule has 3 aromatic rings. The average molecular weight is 569 g/mol. The van der Waals surface area contributed by atoms with E-state index in [2.05, 4.69) is 4.99 Å². The van der Waals surface area contributed by atoms with Crippen LogP contribution in [0.15, 0.2) is 33.5 Å². The molecular weight excluding hydrogens is 549 g/mol. The van der Waals surface area contributed by atoms with E-state index < -0.39 is 22.0 Å². The van der Waals surface area contributed by atoms with Crippen molar-refractivity contribution in [1.29, 1.82) is 0 Å². The number of nitrogens with zero attached hydrogens (tertiary/aromatic N) is 3. The van der Waals surface area contributed by atoms with Crippen molar-refractivity contribution in [2.24, 2.45) is 4.99 Å². The minimum Gasteiger partial charge on any atom is -0.383 e. The molecule has 1 fully saturated rings. The zero-order valence-electron chi connectivity index (χ0n) is 17.5. The van der Waals surface area contributed by atoms with Gasteiger partial charge < -0.3 is 9.30 Å². The van der Waals surface area contributed by atoms with Gasteiger partial charge in [0.1, 0.15) is 10.3 Å². The molecule has 0 bridgehead atoms. The van der Waals surface area contributed by atoms with Crippen LogP contribution in [0.3, 0.4) is 0 Å². The van der Waals surface area contributed by atoms with E-state index in [9.17, 15) is 13.2 Å². The molecule has 4 rings (SSSR count). The van der Waals surface area contributed by atoms with Crippen molar-refractivity contribution in [1.82, 2.24) is 8.87 Å². The van der Waals surface area contributed by atoms with Gasteiger partial charge in [-0.15, -0.1) is 11.3 Å². The largest absolute Gasteiger partial charge is 0.383 e. The number of halogens is 3. The van der Waals surface area contributed by atoms with E-state index in [1.54, 1.807) is 23.8 Å². The third-order valence-corrected chi connectivity index (χ3v) is 10.8. The first-order valence-electron chi connectivity index (χ1n) is 10.1. The monoisotopic (exact) mass is 567 g/mol. The molecule has 7 nitrogen and oxygen atoms in total. The molecule has 13 heteroatoms. The molecule has 1 saturated heterocycles. The standard InChI is InChI=1S/C20H20Cl3N3O4S3/c1-30-11-10-25-17-12(21)5-6-13(22)18(17)32-20(25)24-19(27)14-4-2-3-9-26(14)33(28,29)16-8-7-15(23)31-16/h5-8,14H,2-4,9-11H2,1H3. The summed E-state index contributed by atoms with van der Waals surface area (Å²) in [6.07, 6.45) is 1.80. The van der Waals surface area contributed by atoms with Crippen LogP contribution in [0.2, 0.25) is 14.4 Å². The van der Waals surface area contributed by atoms with E-state index in [0.717, 1.165) is 17.8 Å². The zero-order valence-corrected chi connectivity index (χ0v) is 22.2.